The van der Waals surface area contributed by atoms with Gasteiger partial charge >= 0.3 is 0 Å². The lowest BCUT2D eigenvalue weighted by molar-refractivity contribution is 0.102. The highest BCUT2D eigenvalue weighted by Crippen LogP contribution is 2.24. The van der Waals surface area contributed by atoms with Crippen LogP contribution in [0.1, 0.15) is 27.3 Å². The Morgan fingerprint density at radius 1 is 1.26 bits per heavy atom. The van der Waals surface area contributed by atoms with Crippen molar-refractivity contribution in [1.29, 1.82) is 0 Å². The number of nitrogens with zero attached hydrogens (tertiary/aromatic N) is 1. The molecule has 1 aromatic heterocycles. The van der Waals surface area contributed by atoms with Gasteiger partial charge in [0.05, 0.1) is 11.6 Å². The predicted molar refractivity (Wildman–Crippen MR) is 75.0 cm³/mol. The number of alkyl halides is 1. The van der Waals surface area contributed by atoms with Crippen LogP contribution in [0, 0.1) is 26.6 Å². The van der Waals surface area contributed by atoms with E-state index in [1.165, 1.54) is 6.07 Å². The van der Waals surface area contributed by atoms with Gasteiger partial charge in [0, 0.05) is 17.0 Å². The number of hydrogen-bond acceptors (Lipinski definition) is 1. The average Bonchev–Trinajstić information content (AvgIpc) is 2.67. The lowest BCUT2D eigenvalue weighted by Gasteiger charge is -2.11. The minimum atomic E-state index is -0.308. The number of aromatic nitrogens is 1. The molecule has 0 bridgehead atoms. The first-order chi connectivity index (χ1) is 8.95. The van der Waals surface area contributed by atoms with Crippen molar-refractivity contribution >= 4 is 17.4 Å². The van der Waals surface area contributed by atoms with Crippen LogP contribution in [0.25, 0.3) is 5.69 Å². The van der Waals surface area contributed by atoms with Gasteiger partial charge in [-0.05, 0) is 44.5 Å². The smallest absolute Gasteiger partial charge is 0.179 e. The van der Waals surface area contributed by atoms with Crippen molar-refractivity contribution in [2.24, 2.45) is 0 Å². The van der Waals surface area contributed by atoms with Crippen LogP contribution in [0.5, 0.6) is 0 Å². The molecule has 2 rings (SSSR count). The summed E-state index contributed by atoms with van der Waals surface area (Å²) in [4.78, 5) is 11.7. The highest BCUT2D eigenvalue weighted by molar-refractivity contribution is 6.30. The maximum Gasteiger partial charge on any atom is 0.179 e. The molecule has 0 amide bonds. The fraction of sp³-hybridized carbons (Fsp3) is 0.267. The van der Waals surface area contributed by atoms with Gasteiger partial charge in [0.1, 0.15) is 5.82 Å². The van der Waals surface area contributed by atoms with Gasteiger partial charge in [0.2, 0.25) is 0 Å². The minimum Gasteiger partial charge on any atom is -0.315 e. The second-order valence-corrected chi connectivity index (χ2v) is 4.90. The number of Topliss-reactive ketones (excluding diaryl/α,β-unsaturated/α-hetero) is 1. The lowest BCUT2D eigenvalue weighted by Crippen LogP contribution is -2.06. The number of carbonyl (C=O) groups is 1. The third-order valence-corrected chi connectivity index (χ3v) is 3.44. The van der Waals surface area contributed by atoms with Crippen molar-refractivity contribution < 1.29 is 9.18 Å². The van der Waals surface area contributed by atoms with E-state index in [0.29, 0.717) is 16.9 Å². The highest BCUT2D eigenvalue weighted by Gasteiger charge is 2.17. The van der Waals surface area contributed by atoms with Crippen molar-refractivity contribution in [3.63, 3.8) is 0 Å². The van der Waals surface area contributed by atoms with E-state index in [-0.39, 0.29) is 17.5 Å². The van der Waals surface area contributed by atoms with E-state index in [2.05, 4.69) is 0 Å². The molecule has 0 atom stereocenters. The topological polar surface area (TPSA) is 22.0 Å². The van der Waals surface area contributed by atoms with Crippen molar-refractivity contribution in [3.8, 4) is 5.69 Å². The Balaban J connectivity index is 2.66. The van der Waals surface area contributed by atoms with Gasteiger partial charge in [0.25, 0.3) is 0 Å². The summed E-state index contributed by atoms with van der Waals surface area (Å²) in [5.41, 5.74) is 3.51. The van der Waals surface area contributed by atoms with Crippen LogP contribution < -0.4 is 0 Å². The average molecular weight is 280 g/mol. The SMILES string of the molecule is Cc1ccc(F)c(-n2c(C)cc(C(=O)CCl)c2C)c1. The summed E-state index contributed by atoms with van der Waals surface area (Å²) in [6, 6.07) is 6.68. The summed E-state index contributed by atoms with van der Waals surface area (Å²) in [5.74, 6) is -0.521. The second kappa shape index (κ2) is 5.17. The Morgan fingerprint density at radius 3 is 2.58 bits per heavy atom. The van der Waals surface area contributed by atoms with Crippen molar-refractivity contribution in [1.82, 2.24) is 4.57 Å². The summed E-state index contributed by atoms with van der Waals surface area (Å²) in [7, 11) is 0. The normalized spacial score (nSPS) is 10.8. The second-order valence-electron chi connectivity index (χ2n) is 4.63. The fourth-order valence-corrected chi connectivity index (χ4v) is 2.43. The summed E-state index contributed by atoms with van der Waals surface area (Å²) in [6.45, 7) is 5.55. The Kier molecular flexibility index (Phi) is 3.76. The number of halogens is 2. The predicted octanol–water partition coefficient (Wildman–Crippen LogP) is 3.96. The molecule has 0 radical (unpaired) electrons. The van der Waals surface area contributed by atoms with Gasteiger partial charge in [0.15, 0.2) is 5.78 Å². The molecule has 0 fully saturated rings. The largest absolute Gasteiger partial charge is 0.315 e. The summed E-state index contributed by atoms with van der Waals surface area (Å²) < 4.78 is 15.7. The van der Waals surface area contributed by atoms with Crippen LogP contribution in [0.2, 0.25) is 0 Å². The molecule has 0 saturated carbocycles. The molecule has 1 heterocycles. The third kappa shape index (κ3) is 2.43. The van der Waals surface area contributed by atoms with Crippen LogP contribution >= 0.6 is 11.6 Å². The summed E-state index contributed by atoms with van der Waals surface area (Å²) >= 11 is 5.59. The monoisotopic (exact) mass is 279 g/mol. The maximum absolute atomic E-state index is 14.0. The molecular formula is C15H15ClFNO. The Hall–Kier alpha value is -1.61. The van der Waals surface area contributed by atoms with E-state index in [0.717, 1.165) is 11.3 Å². The minimum absolute atomic E-state index is 0.0689. The molecule has 2 aromatic rings. The Labute approximate surface area is 116 Å². The van der Waals surface area contributed by atoms with Crippen LogP contribution in [-0.2, 0) is 0 Å². The van der Waals surface area contributed by atoms with E-state index in [1.807, 2.05) is 13.8 Å². The molecular weight excluding hydrogens is 265 g/mol. The van der Waals surface area contributed by atoms with E-state index < -0.39 is 0 Å². The van der Waals surface area contributed by atoms with Gasteiger partial charge in [-0.15, -0.1) is 11.6 Å². The van der Waals surface area contributed by atoms with Gasteiger partial charge in [-0.1, -0.05) is 6.07 Å². The molecule has 0 N–H and O–H groups in total. The molecule has 19 heavy (non-hydrogen) atoms. The molecule has 0 aliphatic rings. The zero-order chi connectivity index (χ0) is 14.2. The van der Waals surface area contributed by atoms with Crippen molar-refractivity contribution in [2.45, 2.75) is 20.8 Å². The zero-order valence-electron chi connectivity index (χ0n) is 11.1. The van der Waals surface area contributed by atoms with E-state index in [4.69, 9.17) is 11.6 Å². The van der Waals surface area contributed by atoms with Gasteiger partial charge in [-0.25, -0.2) is 4.39 Å². The third-order valence-electron chi connectivity index (χ3n) is 3.20. The number of ketones is 1. The molecule has 0 saturated heterocycles. The fourth-order valence-electron chi connectivity index (χ4n) is 2.28. The van der Waals surface area contributed by atoms with Crippen LogP contribution in [0.3, 0.4) is 0 Å². The first-order valence-corrected chi connectivity index (χ1v) is 6.53. The van der Waals surface area contributed by atoms with E-state index >= 15 is 0 Å². The van der Waals surface area contributed by atoms with Gasteiger partial charge in [-0.2, -0.15) is 0 Å². The number of benzene rings is 1. The Bertz CT molecular complexity index is 646. The molecule has 0 spiro atoms. The number of hydrogen-bond donors (Lipinski definition) is 0. The summed E-state index contributed by atoms with van der Waals surface area (Å²) in [6.07, 6.45) is 0. The maximum atomic E-state index is 14.0. The molecule has 1 aromatic carbocycles. The van der Waals surface area contributed by atoms with Crippen LogP contribution in [0.4, 0.5) is 4.39 Å². The van der Waals surface area contributed by atoms with Crippen molar-refractivity contribution in [3.05, 3.63) is 52.6 Å². The molecule has 2 nitrogen and oxygen atoms in total. The molecule has 0 aliphatic carbocycles. The Morgan fingerprint density at radius 2 is 1.95 bits per heavy atom. The van der Waals surface area contributed by atoms with E-state index in [1.54, 1.807) is 29.7 Å². The molecule has 100 valence electrons. The molecule has 4 heteroatoms. The van der Waals surface area contributed by atoms with E-state index in [9.17, 15) is 9.18 Å². The first kappa shape index (κ1) is 13.8. The number of aryl methyl sites for hydroxylation is 2. The van der Waals surface area contributed by atoms with Gasteiger partial charge < -0.3 is 4.57 Å². The first-order valence-electron chi connectivity index (χ1n) is 6.00. The number of rotatable bonds is 3. The van der Waals surface area contributed by atoms with Crippen LogP contribution in [0.15, 0.2) is 24.3 Å². The van der Waals surface area contributed by atoms with Gasteiger partial charge in [-0.3, -0.25) is 4.79 Å². The highest BCUT2D eigenvalue weighted by atomic mass is 35.5. The quantitative estimate of drug-likeness (QED) is 0.616. The molecule has 0 aliphatic heterocycles. The lowest BCUT2D eigenvalue weighted by atomic mass is 10.2. The number of carbonyl (C=O) groups excluding carboxylic acids is 1. The zero-order valence-corrected chi connectivity index (χ0v) is 11.9. The molecule has 0 unspecified atom stereocenters. The standard InChI is InChI=1S/C15H15ClFNO/c1-9-4-5-13(17)14(6-9)18-10(2)7-12(11(18)3)15(19)8-16/h4-7H,8H2,1-3H3. The van der Waals surface area contributed by atoms with Crippen LogP contribution in [-0.4, -0.2) is 16.2 Å². The summed E-state index contributed by atoms with van der Waals surface area (Å²) in [5, 5.41) is 0. The van der Waals surface area contributed by atoms with Crippen molar-refractivity contribution in [2.75, 3.05) is 5.88 Å².